The number of carboxylic acids is 1. The van der Waals surface area contributed by atoms with Crippen molar-refractivity contribution in [3.63, 3.8) is 0 Å². The minimum Gasteiger partial charge on any atom is -0.478 e. The lowest BCUT2D eigenvalue weighted by Crippen LogP contribution is -2.29. The molecule has 0 spiro atoms. The predicted molar refractivity (Wildman–Crippen MR) is 62.7 cm³/mol. The number of benzene rings is 1. The molecule has 0 bridgehead atoms. The van der Waals surface area contributed by atoms with Crippen LogP contribution in [-0.4, -0.2) is 22.9 Å². The predicted octanol–water partition coefficient (Wildman–Crippen LogP) is 1.58. The molecule has 2 rings (SSSR count). The zero-order chi connectivity index (χ0) is 12.6. The van der Waals surface area contributed by atoms with Gasteiger partial charge in [-0.2, -0.15) is 0 Å². The van der Waals surface area contributed by atoms with Crippen molar-refractivity contribution in [3.05, 3.63) is 40.4 Å². The van der Waals surface area contributed by atoms with Gasteiger partial charge in [0, 0.05) is 16.6 Å². The Labute approximate surface area is 104 Å². The van der Waals surface area contributed by atoms with Gasteiger partial charge in [0.05, 0.1) is 11.3 Å². The van der Waals surface area contributed by atoms with E-state index in [1.807, 2.05) is 0 Å². The second-order valence-electron chi connectivity index (χ2n) is 3.31. The summed E-state index contributed by atoms with van der Waals surface area (Å²) in [5.74, 6) is -1.96. The van der Waals surface area contributed by atoms with Crippen LogP contribution >= 0.6 is 15.9 Å². The Kier molecular flexibility index (Phi) is 2.81. The molecule has 1 N–H and O–H groups in total. The van der Waals surface area contributed by atoms with Crippen molar-refractivity contribution >= 4 is 39.4 Å². The van der Waals surface area contributed by atoms with E-state index in [0.717, 1.165) is 4.90 Å². The maximum absolute atomic E-state index is 11.4. The van der Waals surface area contributed by atoms with E-state index in [1.165, 1.54) is 30.4 Å². The van der Waals surface area contributed by atoms with Gasteiger partial charge in [0.25, 0.3) is 11.8 Å². The summed E-state index contributed by atoms with van der Waals surface area (Å²) in [7, 11) is 0. The first kappa shape index (κ1) is 11.5. The molecule has 1 aliphatic rings. The summed E-state index contributed by atoms with van der Waals surface area (Å²) >= 11 is 3.08. The molecule has 0 aromatic heterocycles. The number of rotatable bonds is 2. The molecule has 1 aliphatic heterocycles. The third-order valence-corrected chi connectivity index (χ3v) is 2.91. The highest BCUT2D eigenvalue weighted by Gasteiger charge is 2.25. The Morgan fingerprint density at radius 2 is 1.76 bits per heavy atom. The van der Waals surface area contributed by atoms with E-state index in [9.17, 15) is 14.4 Å². The van der Waals surface area contributed by atoms with Crippen LogP contribution in [0.2, 0.25) is 0 Å². The van der Waals surface area contributed by atoms with Crippen molar-refractivity contribution in [1.29, 1.82) is 0 Å². The molecule has 86 valence electrons. The topological polar surface area (TPSA) is 74.7 Å². The number of aromatic carboxylic acids is 1. The minimum atomic E-state index is -1.08. The van der Waals surface area contributed by atoms with Gasteiger partial charge < -0.3 is 5.11 Å². The third-order valence-electron chi connectivity index (χ3n) is 2.25. The Morgan fingerprint density at radius 3 is 2.24 bits per heavy atom. The van der Waals surface area contributed by atoms with Crippen LogP contribution in [-0.2, 0) is 9.59 Å². The molecule has 2 amide bonds. The highest BCUT2D eigenvalue weighted by atomic mass is 79.9. The van der Waals surface area contributed by atoms with Gasteiger partial charge in [0.15, 0.2) is 0 Å². The van der Waals surface area contributed by atoms with Crippen molar-refractivity contribution in [2.24, 2.45) is 0 Å². The SMILES string of the molecule is O=C(O)c1ccc(N2C(=O)C=CC2=O)cc1Br. The number of carboxylic acid groups (broad SMARTS) is 1. The number of hydrogen-bond donors (Lipinski definition) is 1. The van der Waals surface area contributed by atoms with Crippen LogP contribution in [0.15, 0.2) is 34.8 Å². The van der Waals surface area contributed by atoms with Crippen molar-refractivity contribution < 1.29 is 19.5 Å². The molecule has 5 nitrogen and oxygen atoms in total. The molecule has 0 atom stereocenters. The van der Waals surface area contributed by atoms with E-state index in [-0.39, 0.29) is 5.56 Å². The molecule has 1 aromatic carbocycles. The number of carbonyl (C=O) groups is 3. The number of nitrogens with zero attached hydrogens (tertiary/aromatic N) is 1. The van der Waals surface area contributed by atoms with Gasteiger partial charge in [0.2, 0.25) is 0 Å². The largest absolute Gasteiger partial charge is 0.478 e. The van der Waals surface area contributed by atoms with Gasteiger partial charge in [-0.1, -0.05) is 0 Å². The number of hydrogen-bond acceptors (Lipinski definition) is 3. The Morgan fingerprint density at radius 1 is 1.18 bits per heavy atom. The van der Waals surface area contributed by atoms with Crippen LogP contribution in [0.4, 0.5) is 5.69 Å². The molecule has 0 radical (unpaired) electrons. The lowest BCUT2D eigenvalue weighted by molar-refractivity contribution is -0.119. The smallest absolute Gasteiger partial charge is 0.336 e. The normalized spacial score (nSPS) is 14.5. The zero-order valence-corrected chi connectivity index (χ0v) is 9.97. The summed E-state index contributed by atoms with van der Waals surface area (Å²) in [6, 6.07) is 4.17. The summed E-state index contributed by atoms with van der Waals surface area (Å²) in [6.07, 6.45) is 2.34. The fraction of sp³-hybridized carbons (Fsp3) is 0. The lowest BCUT2D eigenvalue weighted by Gasteiger charge is -2.14. The first-order valence-electron chi connectivity index (χ1n) is 4.59. The van der Waals surface area contributed by atoms with Gasteiger partial charge in [0.1, 0.15) is 0 Å². The van der Waals surface area contributed by atoms with Gasteiger partial charge >= 0.3 is 5.97 Å². The second-order valence-corrected chi connectivity index (χ2v) is 4.17. The van der Waals surface area contributed by atoms with Crippen LogP contribution in [0.5, 0.6) is 0 Å². The van der Waals surface area contributed by atoms with E-state index < -0.39 is 17.8 Å². The van der Waals surface area contributed by atoms with Crippen LogP contribution in [0.1, 0.15) is 10.4 Å². The van der Waals surface area contributed by atoms with Gasteiger partial charge in [-0.25, -0.2) is 9.69 Å². The number of imide groups is 1. The summed E-state index contributed by atoms with van der Waals surface area (Å²) in [5.41, 5.74) is 0.405. The molecule has 0 saturated carbocycles. The van der Waals surface area contributed by atoms with Crippen molar-refractivity contribution in [2.45, 2.75) is 0 Å². The first-order chi connectivity index (χ1) is 8.00. The van der Waals surface area contributed by atoms with Crippen LogP contribution in [0.25, 0.3) is 0 Å². The van der Waals surface area contributed by atoms with Crippen molar-refractivity contribution in [1.82, 2.24) is 0 Å². The maximum Gasteiger partial charge on any atom is 0.336 e. The molecule has 0 unspecified atom stereocenters. The number of anilines is 1. The highest BCUT2D eigenvalue weighted by Crippen LogP contribution is 2.26. The fourth-order valence-electron chi connectivity index (χ4n) is 1.47. The first-order valence-corrected chi connectivity index (χ1v) is 5.39. The van der Waals surface area contributed by atoms with Crippen molar-refractivity contribution in [3.8, 4) is 0 Å². The lowest BCUT2D eigenvalue weighted by atomic mass is 10.2. The maximum atomic E-state index is 11.4. The zero-order valence-electron chi connectivity index (χ0n) is 8.38. The quantitative estimate of drug-likeness (QED) is 0.841. The fourth-order valence-corrected chi connectivity index (χ4v) is 2.01. The highest BCUT2D eigenvalue weighted by molar-refractivity contribution is 9.10. The Hall–Kier alpha value is -1.95. The van der Waals surface area contributed by atoms with E-state index >= 15 is 0 Å². The molecule has 1 aromatic rings. The average molecular weight is 296 g/mol. The monoisotopic (exact) mass is 295 g/mol. The standard InChI is InChI=1S/C11H6BrNO4/c12-8-5-6(1-2-7(8)11(16)17)13-9(14)3-4-10(13)15/h1-5H,(H,16,17). The van der Waals surface area contributed by atoms with Crippen LogP contribution < -0.4 is 4.90 Å². The van der Waals surface area contributed by atoms with Crippen LogP contribution in [0.3, 0.4) is 0 Å². The molecule has 0 saturated heterocycles. The van der Waals surface area contributed by atoms with Crippen LogP contribution in [0, 0.1) is 0 Å². The molecule has 0 aliphatic carbocycles. The average Bonchev–Trinajstić information content (AvgIpc) is 2.58. The third kappa shape index (κ3) is 1.99. The molecular formula is C11H6BrNO4. The number of halogens is 1. The summed E-state index contributed by atoms with van der Waals surface area (Å²) < 4.78 is 0.315. The van der Waals surface area contributed by atoms with E-state index in [4.69, 9.17) is 5.11 Å². The molecule has 17 heavy (non-hydrogen) atoms. The summed E-state index contributed by atoms with van der Waals surface area (Å²) in [6.45, 7) is 0. The number of amides is 2. The van der Waals surface area contributed by atoms with Gasteiger partial charge in [-0.15, -0.1) is 0 Å². The minimum absolute atomic E-state index is 0.0702. The Bertz CT molecular complexity index is 547. The van der Waals surface area contributed by atoms with E-state index in [2.05, 4.69) is 15.9 Å². The molecule has 1 heterocycles. The Balaban J connectivity index is 2.42. The summed E-state index contributed by atoms with van der Waals surface area (Å²) in [4.78, 5) is 34.6. The van der Waals surface area contributed by atoms with Crippen molar-refractivity contribution in [2.75, 3.05) is 4.90 Å². The number of carbonyl (C=O) groups excluding carboxylic acids is 2. The molecule has 6 heteroatoms. The summed E-state index contributed by atoms with van der Waals surface area (Å²) in [5, 5.41) is 8.84. The van der Waals surface area contributed by atoms with Gasteiger partial charge in [-0.3, -0.25) is 9.59 Å². The molecule has 0 fully saturated rings. The van der Waals surface area contributed by atoms with E-state index in [1.54, 1.807) is 0 Å². The second kappa shape index (κ2) is 4.14. The molecular weight excluding hydrogens is 290 g/mol. The van der Waals surface area contributed by atoms with E-state index in [0.29, 0.717) is 10.2 Å². The van der Waals surface area contributed by atoms with Gasteiger partial charge in [-0.05, 0) is 34.1 Å².